The maximum Gasteiger partial charge on any atom is 0.279 e. The molecular weight excluding hydrogens is 250 g/mol. The monoisotopic (exact) mass is 275 g/mol. The second-order valence-corrected chi connectivity index (χ2v) is 7.16. The third-order valence-corrected chi connectivity index (χ3v) is 6.13. The van der Waals surface area contributed by atoms with E-state index in [1.54, 1.807) is 0 Å². The second kappa shape index (κ2) is 5.45. The fourth-order valence-corrected chi connectivity index (χ4v) is 4.54. The molecule has 1 aliphatic heterocycles. The van der Waals surface area contributed by atoms with Crippen molar-refractivity contribution in [1.82, 2.24) is 14.3 Å². The van der Waals surface area contributed by atoms with Crippen LogP contribution in [0, 0.1) is 0 Å². The molecule has 0 aromatic carbocycles. The highest BCUT2D eigenvalue weighted by Gasteiger charge is 2.42. The lowest BCUT2D eigenvalue weighted by atomic mass is 9.70. The Morgan fingerprint density at radius 3 is 2.50 bits per heavy atom. The molecule has 1 spiro atoms. The molecule has 1 atom stereocenters. The van der Waals surface area contributed by atoms with E-state index in [0.29, 0.717) is 13.1 Å². The van der Waals surface area contributed by atoms with Crippen LogP contribution in [0.1, 0.15) is 46.0 Å². The van der Waals surface area contributed by atoms with Crippen molar-refractivity contribution in [3.8, 4) is 0 Å². The van der Waals surface area contributed by atoms with E-state index in [1.165, 1.54) is 23.6 Å². The number of hydrogen-bond acceptors (Lipinski definition) is 3. The van der Waals surface area contributed by atoms with Gasteiger partial charge in [0.05, 0.1) is 0 Å². The highest BCUT2D eigenvalue weighted by molar-refractivity contribution is 7.87. The molecular formula is C12H25N3O2S. The van der Waals surface area contributed by atoms with Crippen LogP contribution in [0.3, 0.4) is 0 Å². The maximum absolute atomic E-state index is 12.2. The van der Waals surface area contributed by atoms with Gasteiger partial charge in [-0.15, -0.1) is 0 Å². The normalized spacial score (nSPS) is 27.4. The minimum atomic E-state index is -3.30. The van der Waals surface area contributed by atoms with E-state index in [9.17, 15) is 8.42 Å². The van der Waals surface area contributed by atoms with E-state index in [-0.39, 0.29) is 11.6 Å². The zero-order valence-electron chi connectivity index (χ0n) is 11.4. The summed E-state index contributed by atoms with van der Waals surface area (Å²) in [5.74, 6) is 0. The van der Waals surface area contributed by atoms with E-state index in [2.05, 4.69) is 10.0 Å². The van der Waals surface area contributed by atoms with Crippen molar-refractivity contribution < 1.29 is 8.42 Å². The molecule has 2 rings (SSSR count). The molecule has 106 valence electrons. The van der Waals surface area contributed by atoms with Crippen LogP contribution in [-0.2, 0) is 10.2 Å². The van der Waals surface area contributed by atoms with Crippen LogP contribution in [0.15, 0.2) is 0 Å². The van der Waals surface area contributed by atoms with Crippen molar-refractivity contribution in [1.29, 1.82) is 0 Å². The van der Waals surface area contributed by atoms with Gasteiger partial charge in [0.2, 0.25) is 0 Å². The number of nitrogens with one attached hydrogen (secondary N) is 2. The molecule has 1 saturated heterocycles. The molecule has 5 nitrogen and oxygen atoms in total. The van der Waals surface area contributed by atoms with Gasteiger partial charge < -0.3 is 5.32 Å². The Balaban J connectivity index is 1.96. The predicted molar refractivity (Wildman–Crippen MR) is 72.6 cm³/mol. The van der Waals surface area contributed by atoms with Gasteiger partial charge in [-0.25, -0.2) is 0 Å². The molecule has 0 aromatic heterocycles. The SMILES string of the molecule is CCN(CC)S(=O)(=O)NC1CCNC2(CCC2)C1. The summed E-state index contributed by atoms with van der Waals surface area (Å²) in [6.45, 7) is 5.73. The van der Waals surface area contributed by atoms with Gasteiger partial charge in [-0.2, -0.15) is 17.4 Å². The molecule has 1 unspecified atom stereocenters. The molecule has 1 saturated carbocycles. The van der Waals surface area contributed by atoms with Gasteiger partial charge >= 0.3 is 0 Å². The van der Waals surface area contributed by atoms with E-state index >= 15 is 0 Å². The topological polar surface area (TPSA) is 61.4 Å². The summed E-state index contributed by atoms with van der Waals surface area (Å²) >= 11 is 0. The summed E-state index contributed by atoms with van der Waals surface area (Å²) in [4.78, 5) is 0. The molecule has 18 heavy (non-hydrogen) atoms. The number of piperidine rings is 1. The molecule has 0 aromatic rings. The summed E-state index contributed by atoms with van der Waals surface area (Å²) in [6.07, 6.45) is 5.48. The highest BCUT2D eigenvalue weighted by Crippen LogP contribution is 2.38. The fraction of sp³-hybridized carbons (Fsp3) is 1.00. The zero-order chi connectivity index (χ0) is 13.2. The Kier molecular flexibility index (Phi) is 4.31. The Labute approximate surface area is 110 Å². The molecule has 0 bridgehead atoms. The lowest BCUT2D eigenvalue weighted by Crippen LogP contribution is -2.60. The molecule has 2 aliphatic rings. The van der Waals surface area contributed by atoms with Gasteiger partial charge in [0, 0.05) is 24.7 Å². The lowest BCUT2D eigenvalue weighted by molar-refractivity contribution is 0.125. The number of hydrogen-bond donors (Lipinski definition) is 2. The Bertz CT molecular complexity index is 375. The first-order chi connectivity index (χ1) is 8.51. The summed E-state index contributed by atoms with van der Waals surface area (Å²) in [7, 11) is -3.30. The first kappa shape index (κ1) is 14.2. The Morgan fingerprint density at radius 1 is 1.33 bits per heavy atom. The van der Waals surface area contributed by atoms with Gasteiger partial charge in [0.15, 0.2) is 0 Å². The van der Waals surface area contributed by atoms with Crippen molar-refractivity contribution >= 4 is 10.2 Å². The van der Waals surface area contributed by atoms with Gasteiger partial charge in [0.25, 0.3) is 10.2 Å². The van der Waals surface area contributed by atoms with E-state index in [0.717, 1.165) is 19.4 Å². The van der Waals surface area contributed by atoms with E-state index in [1.807, 2.05) is 13.8 Å². The molecule has 0 radical (unpaired) electrons. The number of rotatable bonds is 5. The first-order valence-electron chi connectivity index (χ1n) is 7.04. The van der Waals surface area contributed by atoms with Gasteiger partial charge in [-0.05, 0) is 38.6 Å². The highest BCUT2D eigenvalue weighted by atomic mass is 32.2. The largest absolute Gasteiger partial charge is 0.311 e. The van der Waals surface area contributed by atoms with Crippen LogP contribution < -0.4 is 10.0 Å². The smallest absolute Gasteiger partial charge is 0.279 e. The van der Waals surface area contributed by atoms with Crippen molar-refractivity contribution in [3.05, 3.63) is 0 Å². The van der Waals surface area contributed by atoms with Gasteiger partial charge in [0.1, 0.15) is 0 Å². The van der Waals surface area contributed by atoms with Crippen LogP contribution in [0.2, 0.25) is 0 Å². The molecule has 1 aliphatic carbocycles. The van der Waals surface area contributed by atoms with Gasteiger partial charge in [-0.3, -0.25) is 0 Å². The standard InChI is InChI=1S/C12H25N3O2S/c1-3-15(4-2)18(16,17)14-11-6-9-13-12(10-11)7-5-8-12/h11,13-14H,3-10H2,1-2H3. The van der Waals surface area contributed by atoms with Crippen LogP contribution >= 0.6 is 0 Å². The Hall–Kier alpha value is -0.170. The quantitative estimate of drug-likeness (QED) is 0.781. The molecule has 0 amide bonds. The maximum atomic E-state index is 12.2. The van der Waals surface area contributed by atoms with E-state index < -0.39 is 10.2 Å². The average Bonchev–Trinajstić information content (AvgIpc) is 2.28. The van der Waals surface area contributed by atoms with Crippen molar-refractivity contribution in [2.24, 2.45) is 0 Å². The number of nitrogens with zero attached hydrogens (tertiary/aromatic N) is 1. The predicted octanol–water partition coefficient (Wildman–Crippen LogP) is 0.837. The second-order valence-electron chi connectivity index (χ2n) is 5.46. The van der Waals surface area contributed by atoms with Crippen molar-refractivity contribution in [2.75, 3.05) is 19.6 Å². The first-order valence-corrected chi connectivity index (χ1v) is 8.48. The molecule has 2 fully saturated rings. The van der Waals surface area contributed by atoms with Crippen LogP contribution in [0.4, 0.5) is 0 Å². The molecule has 2 N–H and O–H groups in total. The van der Waals surface area contributed by atoms with Crippen LogP contribution in [0.25, 0.3) is 0 Å². The van der Waals surface area contributed by atoms with Gasteiger partial charge in [-0.1, -0.05) is 13.8 Å². The lowest BCUT2D eigenvalue weighted by Gasteiger charge is -2.48. The van der Waals surface area contributed by atoms with E-state index in [4.69, 9.17) is 0 Å². The summed E-state index contributed by atoms with van der Waals surface area (Å²) in [5, 5.41) is 3.56. The third-order valence-electron chi connectivity index (χ3n) is 4.30. The van der Waals surface area contributed by atoms with Crippen LogP contribution in [-0.4, -0.2) is 43.9 Å². The average molecular weight is 275 g/mol. The summed E-state index contributed by atoms with van der Waals surface area (Å²) < 4.78 is 28.7. The molecule has 6 heteroatoms. The van der Waals surface area contributed by atoms with Crippen LogP contribution in [0.5, 0.6) is 0 Å². The summed E-state index contributed by atoms with van der Waals surface area (Å²) in [5.41, 5.74) is 0.231. The molecule has 1 heterocycles. The van der Waals surface area contributed by atoms with Crippen molar-refractivity contribution in [2.45, 2.75) is 57.5 Å². The third kappa shape index (κ3) is 2.87. The Morgan fingerprint density at radius 2 is 2.00 bits per heavy atom. The summed E-state index contributed by atoms with van der Waals surface area (Å²) in [6, 6.07) is 0.0946. The zero-order valence-corrected chi connectivity index (χ0v) is 12.2. The fourth-order valence-electron chi connectivity index (χ4n) is 3.09. The minimum absolute atomic E-state index is 0.0946. The minimum Gasteiger partial charge on any atom is -0.311 e. The van der Waals surface area contributed by atoms with Crippen molar-refractivity contribution in [3.63, 3.8) is 0 Å².